The van der Waals surface area contributed by atoms with Crippen molar-refractivity contribution >= 4 is 17.4 Å². The van der Waals surface area contributed by atoms with Crippen LogP contribution in [0.3, 0.4) is 0 Å². The predicted molar refractivity (Wildman–Crippen MR) is 70.9 cm³/mol. The molecule has 0 aliphatic heterocycles. The molecule has 0 spiro atoms. The van der Waals surface area contributed by atoms with Gasteiger partial charge in [-0.3, -0.25) is 4.79 Å². The number of carbonyl (C=O) groups is 1. The molecule has 20 heavy (non-hydrogen) atoms. The quantitative estimate of drug-likeness (QED) is 0.643. The van der Waals surface area contributed by atoms with Gasteiger partial charge in [0.2, 0.25) is 5.95 Å². The Morgan fingerprint density at radius 1 is 1.40 bits per heavy atom. The van der Waals surface area contributed by atoms with Crippen LogP contribution >= 0.6 is 11.6 Å². The van der Waals surface area contributed by atoms with Gasteiger partial charge in [0, 0.05) is 11.3 Å². The van der Waals surface area contributed by atoms with Crippen LogP contribution < -0.4 is 0 Å². The Morgan fingerprint density at radius 2 is 2.15 bits per heavy atom. The van der Waals surface area contributed by atoms with Crippen LogP contribution in [0.2, 0.25) is 5.15 Å². The minimum atomic E-state index is -1.18. The number of Topliss-reactive ketones (excluding diaryl/α,β-unsaturated/α-hetero) is 1. The fourth-order valence-corrected chi connectivity index (χ4v) is 2.03. The summed E-state index contributed by atoms with van der Waals surface area (Å²) in [7, 11) is 0. The first-order valence-electron chi connectivity index (χ1n) is 5.71. The van der Waals surface area contributed by atoms with Gasteiger partial charge in [0.1, 0.15) is 5.15 Å². The van der Waals surface area contributed by atoms with E-state index in [9.17, 15) is 9.18 Å². The first kappa shape index (κ1) is 14.1. The van der Waals surface area contributed by atoms with Crippen molar-refractivity contribution in [1.82, 2.24) is 9.97 Å². The van der Waals surface area contributed by atoms with Crippen molar-refractivity contribution < 1.29 is 9.18 Å². The van der Waals surface area contributed by atoms with E-state index in [4.69, 9.17) is 16.9 Å². The molecule has 2 aromatic heterocycles. The average Bonchev–Trinajstić information content (AvgIpc) is 2.38. The minimum absolute atomic E-state index is 0.0723. The third kappa shape index (κ3) is 2.98. The molecule has 2 heterocycles. The molecular formula is C14H9ClFN3O. The number of carbonyl (C=O) groups excluding carboxylic acids is 1. The summed E-state index contributed by atoms with van der Waals surface area (Å²) in [5, 5.41) is 9.32. The number of hydrogen-bond donors (Lipinski definition) is 0. The Morgan fingerprint density at radius 3 is 2.75 bits per heavy atom. The van der Waals surface area contributed by atoms with Crippen molar-refractivity contribution in [3.63, 3.8) is 0 Å². The van der Waals surface area contributed by atoms with Crippen LogP contribution in [0.1, 0.15) is 27.7 Å². The van der Waals surface area contributed by atoms with E-state index < -0.39 is 17.6 Å². The lowest BCUT2D eigenvalue weighted by Gasteiger charge is -2.08. The van der Waals surface area contributed by atoms with Crippen LogP contribution in [0.5, 0.6) is 0 Å². The zero-order chi connectivity index (χ0) is 14.7. The number of nitriles is 1. The Balaban J connectivity index is 2.42. The van der Waals surface area contributed by atoms with Gasteiger partial charge in [0.25, 0.3) is 0 Å². The standard InChI is InChI=1S/C14H9ClFN3O/c1-8-5-9(6-12(15)18-8)14(20)10(7-17)11-3-2-4-13(16)19-11/h2-6,10H,1H3. The van der Waals surface area contributed by atoms with Crippen molar-refractivity contribution in [2.24, 2.45) is 0 Å². The van der Waals surface area contributed by atoms with Gasteiger partial charge < -0.3 is 0 Å². The highest BCUT2D eigenvalue weighted by Gasteiger charge is 2.24. The Labute approximate surface area is 119 Å². The van der Waals surface area contributed by atoms with Crippen LogP contribution in [0.4, 0.5) is 4.39 Å². The van der Waals surface area contributed by atoms with Crippen LogP contribution in [0, 0.1) is 24.2 Å². The third-order valence-corrected chi connectivity index (χ3v) is 2.82. The first-order valence-corrected chi connectivity index (χ1v) is 6.09. The van der Waals surface area contributed by atoms with Gasteiger partial charge in [-0.2, -0.15) is 9.65 Å². The molecular weight excluding hydrogens is 281 g/mol. The fourth-order valence-electron chi connectivity index (χ4n) is 1.78. The first-order chi connectivity index (χ1) is 9.51. The summed E-state index contributed by atoms with van der Waals surface area (Å²) in [5.74, 6) is -2.40. The number of rotatable bonds is 3. The van der Waals surface area contributed by atoms with Gasteiger partial charge in [0.05, 0.1) is 11.8 Å². The number of nitrogens with zero attached hydrogens (tertiary/aromatic N) is 3. The molecule has 0 N–H and O–H groups in total. The van der Waals surface area contributed by atoms with E-state index in [1.165, 1.54) is 24.3 Å². The Bertz CT molecular complexity index is 692. The van der Waals surface area contributed by atoms with Crippen LogP contribution in [-0.2, 0) is 0 Å². The van der Waals surface area contributed by atoms with Crippen molar-refractivity contribution in [2.75, 3.05) is 0 Å². The maximum atomic E-state index is 13.1. The van der Waals surface area contributed by atoms with E-state index in [-0.39, 0.29) is 16.4 Å². The molecule has 4 nitrogen and oxygen atoms in total. The molecule has 0 fully saturated rings. The van der Waals surface area contributed by atoms with Gasteiger partial charge in [-0.15, -0.1) is 0 Å². The van der Waals surface area contributed by atoms with Crippen LogP contribution in [-0.4, -0.2) is 15.8 Å². The second-order valence-electron chi connectivity index (χ2n) is 4.13. The van der Waals surface area contributed by atoms with Crippen LogP contribution in [0.25, 0.3) is 0 Å². The lowest BCUT2D eigenvalue weighted by Crippen LogP contribution is -2.13. The summed E-state index contributed by atoms with van der Waals surface area (Å²) in [6.45, 7) is 1.68. The van der Waals surface area contributed by atoms with E-state index >= 15 is 0 Å². The predicted octanol–water partition coefficient (Wildman–Crippen LogP) is 3.07. The number of pyridine rings is 2. The van der Waals surface area contributed by atoms with Gasteiger partial charge >= 0.3 is 0 Å². The topological polar surface area (TPSA) is 66.6 Å². The maximum Gasteiger partial charge on any atom is 0.213 e. The summed E-state index contributed by atoms with van der Waals surface area (Å²) in [4.78, 5) is 19.8. The lowest BCUT2D eigenvalue weighted by molar-refractivity contribution is 0.0977. The van der Waals surface area contributed by atoms with Crippen molar-refractivity contribution in [1.29, 1.82) is 5.26 Å². The smallest absolute Gasteiger partial charge is 0.213 e. The summed E-state index contributed by atoms with van der Waals surface area (Å²) in [6, 6.07) is 8.73. The monoisotopic (exact) mass is 289 g/mol. The number of aryl methyl sites for hydroxylation is 1. The summed E-state index contributed by atoms with van der Waals surface area (Å²) in [6.07, 6.45) is 0. The van der Waals surface area contributed by atoms with Gasteiger partial charge in [0.15, 0.2) is 11.7 Å². The Hall–Kier alpha value is -2.32. The van der Waals surface area contributed by atoms with Crippen molar-refractivity contribution in [2.45, 2.75) is 12.8 Å². The highest BCUT2D eigenvalue weighted by molar-refractivity contribution is 6.29. The molecule has 0 amide bonds. The van der Waals surface area contributed by atoms with Crippen LogP contribution in [0.15, 0.2) is 30.3 Å². The molecule has 0 aromatic carbocycles. The number of hydrogen-bond acceptors (Lipinski definition) is 4. The SMILES string of the molecule is Cc1cc(C(=O)C(C#N)c2cccc(F)n2)cc(Cl)n1. The van der Waals surface area contributed by atoms with Crippen molar-refractivity contribution in [3.05, 3.63) is 58.4 Å². The molecule has 0 radical (unpaired) electrons. The molecule has 100 valence electrons. The zero-order valence-electron chi connectivity index (χ0n) is 10.5. The zero-order valence-corrected chi connectivity index (χ0v) is 11.2. The second-order valence-corrected chi connectivity index (χ2v) is 4.52. The molecule has 0 saturated heterocycles. The highest BCUT2D eigenvalue weighted by Crippen LogP contribution is 2.21. The van der Waals surface area contributed by atoms with E-state index in [1.807, 2.05) is 6.07 Å². The third-order valence-electron chi connectivity index (χ3n) is 2.63. The van der Waals surface area contributed by atoms with E-state index in [0.29, 0.717) is 5.69 Å². The molecule has 0 bridgehead atoms. The second kappa shape index (κ2) is 5.76. The minimum Gasteiger partial charge on any atom is -0.292 e. The lowest BCUT2D eigenvalue weighted by atomic mass is 9.95. The summed E-state index contributed by atoms with van der Waals surface area (Å²) < 4.78 is 13.1. The number of halogens is 2. The molecule has 0 aliphatic rings. The van der Waals surface area contributed by atoms with E-state index in [0.717, 1.165) is 6.07 Å². The molecule has 2 rings (SSSR count). The van der Waals surface area contributed by atoms with Gasteiger partial charge in [-0.05, 0) is 31.2 Å². The highest BCUT2D eigenvalue weighted by atomic mass is 35.5. The largest absolute Gasteiger partial charge is 0.292 e. The number of ketones is 1. The Kier molecular flexibility index (Phi) is 4.06. The molecule has 0 saturated carbocycles. The molecule has 1 unspecified atom stereocenters. The molecule has 2 aromatic rings. The summed E-state index contributed by atoms with van der Waals surface area (Å²) in [5.41, 5.74) is 0.882. The van der Waals surface area contributed by atoms with Crippen molar-refractivity contribution in [3.8, 4) is 6.07 Å². The van der Waals surface area contributed by atoms with E-state index in [1.54, 1.807) is 6.92 Å². The van der Waals surface area contributed by atoms with Gasteiger partial charge in [-0.1, -0.05) is 17.7 Å². The molecule has 6 heteroatoms. The normalized spacial score (nSPS) is 11.7. The molecule has 1 atom stereocenters. The van der Waals surface area contributed by atoms with E-state index in [2.05, 4.69) is 9.97 Å². The summed E-state index contributed by atoms with van der Waals surface area (Å²) >= 11 is 5.79. The maximum absolute atomic E-state index is 13.1. The fraction of sp³-hybridized carbons (Fsp3) is 0.143. The number of aromatic nitrogens is 2. The average molecular weight is 290 g/mol. The molecule has 0 aliphatic carbocycles. The van der Waals surface area contributed by atoms with Gasteiger partial charge in [-0.25, -0.2) is 9.97 Å².